The molecule has 4 aromatic rings. The number of nitrogens with one attached hydrogen (secondary N) is 3. The summed E-state index contributed by atoms with van der Waals surface area (Å²) in [5.74, 6) is 0.915. The molecule has 0 amide bonds. The number of piperazine rings is 1. The van der Waals surface area contributed by atoms with Crippen LogP contribution in [0.15, 0.2) is 78.9 Å². The molecule has 1 fully saturated rings. The van der Waals surface area contributed by atoms with E-state index in [0.717, 1.165) is 60.7 Å². The Balaban J connectivity index is 1.14. The van der Waals surface area contributed by atoms with Gasteiger partial charge in [-0.05, 0) is 61.4 Å². The van der Waals surface area contributed by atoms with Gasteiger partial charge in [0.05, 0.1) is 11.0 Å². The van der Waals surface area contributed by atoms with Gasteiger partial charge in [0.25, 0.3) is 0 Å². The number of para-hydroxylation sites is 3. The van der Waals surface area contributed by atoms with Gasteiger partial charge in [0, 0.05) is 49.2 Å². The summed E-state index contributed by atoms with van der Waals surface area (Å²) >= 11 is 0. The Labute approximate surface area is 183 Å². The molecule has 1 saturated heterocycles. The number of imidazole rings is 1. The fourth-order valence-electron chi connectivity index (χ4n) is 4.38. The third kappa shape index (κ3) is 4.57. The highest BCUT2D eigenvalue weighted by atomic mass is 15.2. The van der Waals surface area contributed by atoms with E-state index in [-0.39, 0.29) is 0 Å². The van der Waals surface area contributed by atoms with Crippen LogP contribution in [0.25, 0.3) is 22.4 Å². The van der Waals surface area contributed by atoms with Gasteiger partial charge < -0.3 is 20.5 Å². The summed E-state index contributed by atoms with van der Waals surface area (Å²) in [6.45, 7) is 4.16. The number of rotatable bonds is 7. The lowest BCUT2D eigenvalue weighted by Gasteiger charge is -2.38. The van der Waals surface area contributed by atoms with Crippen molar-refractivity contribution in [1.82, 2.24) is 15.3 Å². The summed E-state index contributed by atoms with van der Waals surface area (Å²) < 4.78 is 0. The molecule has 31 heavy (non-hydrogen) atoms. The molecule has 0 radical (unpaired) electrons. The number of H-pyrrole nitrogens is 1. The molecule has 0 saturated carbocycles. The number of hydrogen-bond donors (Lipinski definition) is 3. The first-order chi connectivity index (χ1) is 15.4. The summed E-state index contributed by atoms with van der Waals surface area (Å²) in [6, 6.07) is 28.0. The maximum Gasteiger partial charge on any atom is 0.138 e. The lowest BCUT2D eigenvalue weighted by molar-refractivity contribution is 0.448. The first kappa shape index (κ1) is 19.6. The molecular weight excluding hydrogens is 382 g/mol. The monoisotopic (exact) mass is 411 g/mol. The number of aromatic nitrogens is 2. The van der Waals surface area contributed by atoms with Gasteiger partial charge in [0.1, 0.15) is 5.82 Å². The van der Waals surface area contributed by atoms with E-state index < -0.39 is 0 Å². The Morgan fingerprint density at radius 2 is 1.74 bits per heavy atom. The zero-order chi connectivity index (χ0) is 20.9. The second-order valence-electron chi connectivity index (χ2n) is 8.14. The van der Waals surface area contributed by atoms with E-state index in [1.165, 1.54) is 12.1 Å². The second kappa shape index (κ2) is 9.23. The molecule has 0 aliphatic carbocycles. The van der Waals surface area contributed by atoms with Crippen LogP contribution < -0.4 is 15.5 Å². The van der Waals surface area contributed by atoms with Gasteiger partial charge in [-0.3, -0.25) is 0 Å². The fraction of sp³-hybridized carbons (Fsp3) is 0.269. The lowest BCUT2D eigenvalue weighted by Crippen LogP contribution is -2.51. The average Bonchev–Trinajstić information content (AvgIpc) is 3.27. The minimum Gasteiger partial charge on any atom is -0.385 e. The summed E-state index contributed by atoms with van der Waals surface area (Å²) in [5, 5.41) is 7.13. The quantitative estimate of drug-likeness (QED) is 0.379. The van der Waals surface area contributed by atoms with Gasteiger partial charge in [0.15, 0.2) is 0 Å². The molecule has 5 nitrogen and oxygen atoms in total. The van der Waals surface area contributed by atoms with Crippen molar-refractivity contribution in [1.29, 1.82) is 0 Å². The zero-order valence-electron chi connectivity index (χ0n) is 17.7. The number of hydrogen-bond acceptors (Lipinski definition) is 4. The highest BCUT2D eigenvalue weighted by Crippen LogP contribution is 2.23. The Kier molecular flexibility index (Phi) is 5.85. The van der Waals surface area contributed by atoms with E-state index in [4.69, 9.17) is 0 Å². The topological polar surface area (TPSA) is 56.0 Å². The van der Waals surface area contributed by atoms with Crippen molar-refractivity contribution in [3.63, 3.8) is 0 Å². The molecule has 5 rings (SSSR count). The Morgan fingerprint density at radius 3 is 2.58 bits per heavy atom. The van der Waals surface area contributed by atoms with Gasteiger partial charge in [-0.1, -0.05) is 30.3 Å². The number of aromatic amines is 1. The average molecular weight is 412 g/mol. The van der Waals surface area contributed by atoms with Crippen LogP contribution in [0.4, 0.5) is 11.4 Å². The first-order valence-corrected chi connectivity index (χ1v) is 11.2. The SMILES string of the molecule is c1ccc(N2CCNCC2CCCNc2ccc(-c3nc4ccccc4[nH]3)cc2)cc1. The van der Waals surface area contributed by atoms with Crippen LogP contribution in [0.2, 0.25) is 0 Å². The smallest absolute Gasteiger partial charge is 0.138 e. The standard InChI is InChI=1S/C26H29N5/c1-2-7-22(8-3-1)31-18-17-27-19-23(31)9-6-16-28-21-14-12-20(13-15-21)26-29-24-10-4-5-11-25(24)30-26/h1-5,7-8,10-15,23,27-28H,6,9,16-19H2,(H,29,30). The van der Waals surface area contributed by atoms with Gasteiger partial charge >= 0.3 is 0 Å². The minimum absolute atomic E-state index is 0.549. The van der Waals surface area contributed by atoms with Crippen molar-refractivity contribution in [3.8, 4) is 11.4 Å². The van der Waals surface area contributed by atoms with Crippen molar-refractivity contribution in [2.75, 3.05) is 36.4 Å². The molecule has 0 bridgehead atoms. The van der Waals surface area contributed by atoms with Gasteiger partial charge in [-0.2, -0.15) is 0 Å². The van der Waals surface area contributed by atoms with Crippen LogP contribution in [0.3, 0.4) is 0 Å². The van der Waals surface area contributed by atoms with E-state index in [1.54, 1.807) is 0 Å². The largest absolute Gasteiger partial charge is 0.385 e. The van der Waals surface area contributed by atoms with Crippen molar-refractivity contribution in [2.24, 2.45) is 0 Å². The molecule has 1 aliphatic rings. The first-order valence-electron chi connectivity index (χ1n) is 11.2. The van der Waals surface area contributed by atoms with Crippen LogP contribution in [-0.4, -0.2) is 42.2 Å². The summed E-state index contributed by atoms with van der Waals surface area (Å²) in [7, 11) is 0. The summed E-state index contributed by atoms with van der Waals surface area (Å²) in [4.78, 5) is 10.6. The molecule has 158 valence electrons. The van der Waals surface area contributed by atoms with Crippen LogP contribution in [-0.2, 0) is 0 Å². The molecule has 5 heteroatoms. The third-order valence-electron chi connectivity index (χ3n) is 6.03. The van der Waals surface area contributed by atoms with Crippen LogP contribution >= 0.6 is 0 Å². The predicted molar refractivity (Wildman–Crippen MR) is 130 cm³/mol. The normalized spacial score (nSPS) is 16.5. The number of nitrogens with zero attached hydrogens (tertiary/aromatic N) is 2. The predicted octanol–water partition coefficient (Wildman–Crippen LogP) is 4.90. The minimum atomic E-state index is 0.549. The highest BCUT2D eigenvalue weighted by molar-refractivity contribution is 5.79. The Morgan fingerprint density at radius 1 is 0.935 bits per heavy atom. The summed E-state index contributed by atoms with van der Waals surface area (Å²) in [5.41, 5.74) is 5.67. The zero-order valence-corrected chi connectivity index (χ0v) is 17.7. The van der Waals surface area contributed by atoms with E-state index in [1.807, 2.05) is 18.2 Å². The van der Waals surface area contributed by atoms with Crippen molar-refractivity contribution in [3.05, 3.63) is 78.9 Å². The third-order valence-corrected chi connectivity index (χ3v) is 6.03. The van der Waals surface area contributed by atoms with E-state index in [9.17, 15) is 0 Å². The van der Waals surface area contributed by atoms with Crippen LogP contribution in [0.1, 0.15) is 12.8 Å². The number of fused-ring (bicyclic) bond motifs is 1. The Hall–Kier alpha value is -3.31. The highest BCUT2D eigenvalue weighted by Gasteiger charge is 2.21. The fourth-order valence-corrected chi connectivity index (χ4v) is 4.38. The van der Waals surface area contributed by atoms with Gasteiger partial charge in [-0.25, -0.2) is 4.98 Å². The van der Waals surface area contributed by atoms with Crippen molar-refractivity contribution >= 4 is 22.4 Å². The van der Waals surface area contributed by atoms with Gasteiger partial charge in [0.2, 0.25) is 0 Å². The van der Waals surface area contributed by atoms with E-state index in [2.05, 4.69) is 86.2 Å². The molecule has 2 heterocycles. The number of benzene rings is 3. The second-order valence-corrected chi connectivity index (χ2v) is 8.14. The molecule has 3 N–H and O–H groups in total. The Bertz CT molecular complexity index is 1070. The molecule has 1 aromatic heterocycles. The molecule has 1 unspecified atom stereocenters. The molecule has 0 spiro atoms. The van der Waals surface area contributed by atoms with Crippen LogP contribution in [0.5, 0.6) is 0 Å². The van der Waals surface area contributed by atoms with Crippen LogP contribution in [0, 0.1) is 0 Å². The maximum absolute atomic E-state index is 4.69. The van der Waals surface area contributed by atoms with Crippen molar-refractivity contribution in [2.45, 2.75) is 18.9 Å². The van der Waals surface area contributed by atoms with Gasteiger partial charge in [-0.15, -0.1) is 0 Å². The number of anilines is 2. The molecule has 1 aliphatic heterocycles. The summed E-state index contributed by atoms with van der Waals surface area (Å²) in [6.07, 6.45) is 2.31. The van der Waals surface area contributed by atoms with E-state index in [0.29, 0.717) is 6.04 Å². The lowest BCUT2D eigenvalue weighted by atomic mass is 10.1. The molecule has 1 atom stereocenters. The molecule has 3 aromatic carbocycles. The van der Waals surface area contributed by atoms with E-state index >= 15 is 0 Å². The molecular formula is C26H29N5. The van der Waals surface area contributed by atoms with Crippen molar-refractivity contribution < 1.29 is 0 Å². The maximum atomic E-state index is 4.69.